The summed E-state index contributed by atoms with van der Waals surface area (Å²) in [5.41, 5.74) is 1.74. The Balaban J connectivity index is 3.29. The third kappa shape index (κ3) is 3.26. The molecular weight excluding hydrogens is 266 g/mol. The Hall–Kier alpha value is -1.56. The highest BCUT2D eigenvalue weighted by Crippen LogP contribution is 2.24. The summed E-state index contributed by atoms with van der Waals surface area (Å²) in [6.45, 7) is 8.18. The number of sulfonamides is 1. The SMILES string of the molecule is Cc1cc(NS(=O)(=O)C(C)(C)C)cc(C(=O)O)c1C. The predicted molar refractivity (Wildman–Crippen MR) is 75.2 cm³/mol. The van der Waals surface area contributed by atoms with Crippen molar-refractivity contribution in [1.29, 1.82) is 0 Å². The molecule has 0 saturated heterocycles. The van der Waals surface area contributed by atoms with Crippen molar-refractivity contribution in [3.05, 3.63) is 28.8 Å². The van der Waals surface area contributed by atoms with Crippen LogP contribution in [0.4, 0.5) is 5.69 Å². The van der Waals surface area contributed by atoms with Crippen molar-refractivity contribution >= 4 is 21.7 Å². The second-order valence-electron chi connectivity index (χ2n) is 5.49. The maximum absolute atomic E-state index is 12.0. The summed E-state index contributed by atoms with van der Waals surface area (Å²) in [6.07, 6.45) is 0. The van der Waals surface area contributed by atoms with Gasteiger partial charge in [-0.2, -0.15) is 0 Å². The van der Waals surface area contributed by atoms with Crippen molar-refractivity contribution < 1.29 is 18.3 Å². The summed E-state index contributed by atoms with van der Waals surface area (Å²) in [7, 11) is -3.57. The van der Waals surface area contributed by atoms with E-state index in [2.05, 4.69) is 4.72 Å². The number of anilines is 1. The number of carbonyl (C=O) groups is 1. The molecule has 1 aromatic carbocycles. The second kappa shape index (κ2) is 4.85. The normalized spacial score (nSPS) is 12.3. The summed E-state index contributed by atoms with van der Waals surface area (Å²) >= 11 is 0. The molecule has 0 unspecified atom stereocenters. The predicted octanol–water partition coefficient (Wildman–Crippen LogP) is 2.54. The number of aryl methyl sites for hydroxylation is 1. The molecule has 0 heterocycles. The minimum Gasteiger partial charge on any atom is -0.478 e. The van der Waals surface area contributed by atoms with Crippen LogP contribution >= 0.6 is 0 Å². The zero-order valence-corrected chi connectivity index (χ0v) is 12.6. The first-order valence-corrected chi connectivity index (χ1v) is 7.31. The largest absolute Gasteiger partial charge is 0.478 e. The fourth-order valence-corrected chi connectivity index (χ4v) is 2.18. The topological polar surface area (TPSA) is 83.5 Å². The van der Waals surface area contributed by atoms with Gasteiger partial charge in [-0.05, 0) is 57.9 Å². The first-order valence-electron chi connectivity index (χ1n) is 5.82. The summed E-state index contributed by atoms with van der Waals surface area (Å²) in [5, 5.41) is 9.10. The van der Waals surface area contributed by atoms with Crippen LogP contribution in [-0.4, -0.2) is 24.2 Å². The van der Waals surface area contributed by atoms with E-state index < -0.39 is 20.7 Å². The molecule has 0 fully saturated rings. The molecule has 1 rings (SSSR count). The lowest BCUT2D eigenvalue weighted by atomic mass is 10.0. The fraction of sp³-hybridized carbons (Fsp3) is 0.462. The van der Waals surface area contributed by atoms with Gasteiger partial charge >= 0.3 is 5.97 Å². The quantitative estimate of drug-likeness (QED) is 0.894. The van der Waals surface area contributed by atoms with E-state index in [9.17, 15) is 13.2 Å². The Kier molecular flexibility index (Phi) is 3.95. The minimum absolute atomic E-state index is 0.103. The summed E-state index contributed by atoms with van der Waals surface area (Å²) in [4.78, 5) is 11.1. The van der Waals surface area contributed by atoms with Gasteiger partial charge in [0.05, 0.1) is 10.3 Å². The summed E-state index contributed by atoms with van der Waals surface area (Å²) in [5.74, 6) is -1.07. The van der Waals surface area contributed by atoms with Gasteiger partial charge in [0.2, 0.25) is 10.0 Å². The monoisotopic (exact) mass is 285 g/mol. The van der Waals surface area contributed by atoms with E-state index in [1.165, 1.54) is 6.07 Å². The van der Waals surface area contributed by atoms with Gasteiger partial charge in [0, 0.05) is 5.69 Å². The van der Waals surface area contributed by atoms with Crippen LogP contribution in [-0.2, 0) is 10.0 Å². The van der Waals surface area contributed by atoms with Crippen molar-refractivity contribution in [2.24, 2.45) is 0 Å². The van der Waals surface area contributed by atoms with Crippen molar-refractivity contribution in [3.8, 4) is 0 Å². The first-order chi connectivity index (χ1) is 8.45. The van der Waals surface area contributed by atoms with Crippen LogP contribution in [0.5, 0.6) is 0 Å². The van der Waals surface area contributed by atoms with Gasteiger partial charge in [-0.15, -0.1) is 0 Å². The first kappa shape index (κ1) is 15.5. The Labute approximate surface area is 113 Å². The Morgan fingerprint density at radius 3 is 2.16 bits per heavy atom. The van der Waals surface area contributed by atoms with Crippen LogP contribution in [0.1, 0.15) is 42.3 Å². The molecule has 0 aliphatic heterocycles. The highest BCUT2D eigenvalue weighted by molar-refractivity contribution is 7.94. The van der Waals surface area contributed by atoms with E-state index in [-0.39, 0.29) is 11.3 Å². The molecule has 0 amide bonds. The summed E-state index contributed by atoms with van der Waals surface area (Å²) in [6, 6.07) is 2.97. The number of carboxylic acid groups (broad SMARTS) is 1. The van der Waals surface area contributed by atoms with Crippen LogP contribution in [0.15, 0.2) is 12.1 Å². The molecular formula is C13H19NO4S. The van der Waals surface area contributed by atoms with Crippen LogP contribution in [0, 0.1) is 13.8 Å². The van der Waals surface area contributed by atoms with E-state index in [0.29, 0.717) is 5.56 Å². The van der Waals surface area contributed by atoms with Crippen LogP contribution in [0.2, 0.25) is 0 Å². The molecule has 0 atom stereocenters. The zero-order chi connectivity index (χ0) is 15.0. The lowest BCUT2D eigenvalue weighted by Crippen LogP contribution is -2.33. The smallest absolute Gasteiger partial charge is 0.336 e. The van der Waals surface area contributed by atoms with E-state index in [1.54, 1.807) is 40.7 Å². The Bertz CT molecular complexity index is 612. The number of aromatic carboxylic acids is 1. The molecule has 0 aliphatic rings. The number of hydrogen-bond acceptors (Lipinski definition) is 3. The van der Waals surface area contributed by atoms with Gasteiger partial charge < -0.3 is 5.11 Å². The molecule has 0 aliphatic carbocycles. The van der Waals surface area contributed by atoms with Gasteiger partial charge in [0.15, 0.2) is 0 Å². The van der Waals surface area contributed by atoms with Crippen LogP contribution in [0.25, 0.3) is 0 Å². The van der Waals surface area contributed by atoms with E-state index in [1.807, 2.05) is 0 Å². The maximum Gasteiger partial charge on any atom is 0.336 e. The molecule has 19 heavy (non-hydrogen) atoms. The number of carboxylic acids is 1. The van der Waals surface area contributed by atoms with Gasteiger partial charge in [0.1, 0.15) is 0 Å². The van der Waals surface area contributed by atoms with Gasteiger partial charge in [-0.3, -0.25) is 4.72 Å². The van der Waals surface area contributed by atoms with Gasteiger partial charge in [0.25, 0.3) is 0 Å². The Morgan fingerprint density at radius 1 is 1.21 bits per heavy atom. The molecule has 0 spiro atoms. The number of nitrogens with one attached hydrogen (secondary N) is 1. The van der Waals surface area contributed by atoms with Crippen molar-refractivity contribution in [1.82, 2.24) is 0 Å². The molecule has 6 heteroatoms. The number of rotatable bonds is 3. The van der Waals surface area contributed by atoms with Crippen molar-refractivity contribution in [2.75, 3.05) is 4.72 Å². The summed E-state index contributed by atoms with van der Waals surface area (Å²) < 4.78 is 25.5. The molecule has 0 bridgehead atoms. The maximum atomic E-state index is 12.0. The molecule has 0 radical (unpaired) electrons. The second-order valence-corrected chi connectivity index (χ2v) is 7.92. The number of benzene rings is 1. The zero-order valence-electron chi connectivity index (χ0n) is 11.7. The van der Waals surface area contributed by atoms with Crippen molar-refractivity contribution in [2.45, 2.75) is 39.4 Å². The lowest BCUT2D eigenvalue weighted by Gasteiger charge is -2.21. The molecule has 1 aromatic rings. The third-order valence-corrected chi connectivity index (χ3v) is 5.07. The molecule has 0 saturated carbocycles. The Morgan fingerprint density at radius 2 is 1.74 bits per heavy atom. The van der Waals surface area contributed by atoms with E-state index >= 15 is 0 Å². The third-order valence-electron chi connectivity index (χ3n) is 2.96. The standard InChI is InChI=1S/C13H19NO4S/c1-8-6-10(7-11(9(8)2)12(15)16)14-19(17,18)13(3,4)5/h6-7,14H,1-5H3,(H,15,16). The molecule has 2 N–H and O–H groups in total. The van der Waals surface area contributed by atoms with Gasteiger partial charge in [-0.25, -0.2) is 13.2 Å². The van der Waals surface area contributed by atoms with Crippen LogP contribution < -0.4 is 4.72 Å². The highest BCUT2D eigenvalue weighted by Gasteiger charge is 2.29. The lowest BCUT2D eigenvalue weighted by molar-refractivity contribution is 0.0696. The average molecular weight is 285 g/mol. The molecule has 106 valence electrons. The van der Waals surface area contributed by atoms with Gasteiger partial charge in [-0.1, -0.05) is 0 Å². The highest BCUT2D eigenvalue weighted by atomic mass is 32.2. The van der Waals surface area contributed by atoms with Crippen molar-refractivity contribution in [3.63, 3.8) is 0 Å². The number of hydrogen-bond donors (Lipinski definition) is 2. The minimum atomic E-state index is -3.57. The fourth-order valence-electron chi connectivity index (χ4n) is 1.45. The van der Waals surface area contributed by atoms with E-state index in [4.69, 9.17) is 5.11 Å². The molecule has 5 nitrogen and oxygen atoms in total. The average Bonchev–Trinajstić information content (AvgIpc) is 2.20. The van der Waals surface area contributed by atoms with Crippen LogP contribution in [0.3, 0.4) is 0 Å². The molecule has 0 aromatic heterocycles. The van der Waals surface area contributed by atoms with E-state index in [0.717, 1.165) is 5.56 Å².